The fraction of sp³-hybridized carbons (Fsp3) is 0.852. The van der Waals surface area contributed by atoms with Crippen LogP contribution in [0.1, 0.15) is 101 Å². The Morgan fingerprint density at radius 2 is 1.03 bits per heavy atom. The van der Waals surface area contributed by atoms with E-state index in [0.29, 0.717) is 71.2 Å². The molecule has 10 nitrogen and oxygen atoms in total. The number of nitrogens with one attached hydrogen (secondary N) is 1. The first-order valence-corrected chi connectivity index (χ1v) is 13.2. The summed E-state index contributed by atoms with van der Waals surface area (Å²) in [6.07, 6.45) is 2.43. The van der Waals surface area contributed by atoms with E-state index < -0.39 is 29.0 Å². The van der Waals surface area contributed by atoms with Crippen molar-refractivity contribution < 1.29 is 28.6 Å². The van der Waals surface area contributed by atoms with Gasteiger partial charge in [-0.3, -0.25) is 0 Å². The molecule has 0 aliphatic carbocycles. The van der Waals surface area contributed by atoms with Gasteiger partial charge >= 0.3 is 18.3 Å². The average Bonchev–Trinajstić information content (AvgIpc) is 2.69. The number of hydrogen-bond acceptors (Lipinski definition) is 7. The second-order valence-electron chi connectivity index (χ2n) is 12.0. The highest BCUT2D eigenvalue weighted by Gasteiger charge is 2.24. The van der Waals surface area contributed by atoms with Crippen LogP contribution in [0, 0.1) is 11.3 Å². The summed E-state index contributed by atoms with van der Waals surface area (Å²) in [6, 6.07) is 2.10. The number of rotatable bonds is 13. The molecular weight excluding hydrogens is 476 g/mol. The molecule has 0 radical (unpaired) electrons. The Hall–Kier alpha value is -2.70. The third-order valence-corrected chi connectivity index (χ3v) is 4.65. The van der Waals surface area contributed by atoms with Crippen molar-refractivity contribution >= 4 is 18.3 Å². The van der Waals surface area contributed by atoms with Gasteiger partial charge in [0, 0.05) is 39.1 Å². The van der Waals surface area contributed by atoms with Crippen molar-refractivity contribution in [3.8, 4) is 6.07 Å². The van der Waals surface area contributed by atoms with Gasteiger partial charge in [0.2, 0.25) is 0 Å². The Labute approximate surface area is 224 Å². The summed E-state index contributed by atoms with van der Waals surface area (Å²) < 4.78 is 16.3. The zero-order valence-corrected chi connectivity index (χ0v) is 24.6. The second kappa shape index (κ2) is 16.2. The molecule has 0 unspecified atom stereocenters. The molecule has 0 spiro atoms. The monoisotopic (exact) mass is 526 g/mol. The summed E-state index contributed by atoms with van der Waals surface area (Å²) in [5.41, 5.74) is -1.76. The number of carbonyl (C=O) groups is 3. The van der Waals surface area contributed by atoms with Crippen LogP contribution in [0.5, 0.6) is 0 Å². The van der Waals surface area contributed by atoms with Gasteiger partial charge in [-0.25, -0.2) is 14.4 Å². The Bertz CT molecular complexity index is 744. The molecule has 10 heteroatoms. The summed E-state index contributed by atoms with van der Waals surface area (Å²) in [5.74, 6) is 0. The van der Waals surface area contributed by atoms with Crippen LogP contribution in [-0.2, 0) is 14.2 Å². The standard InChI is InChI=1S/C27H50N4O6/c1-25(2,3)35-22(32)29-17-11-13-19-31(24(34)37-27(7,8)9)21-15-14-20-30(18-12-10-16-28)23(33)36-26(4,5)6/h10-15,17-21H2,1-9H3,(H,29,32). The summed E-state index contributed by atoms with van der Waals surface area (Å²) in [5, 5.41) is 11.6. The number of nitriles is 1. The van der Waals surface area contributed by atoms with E-state index in [9.17, 15) is 14.4 Å². The largest absolute Gasteiger partial charge is 0.444 e. The Balaban J connectivity index is 4.82. The molecule has 0 heterocycles. The van der Waals surface area contributed by atoms with Crippen LogP contribution in [0.3, 0.4) is 0 Å². The van der Waals surface area contributed by atoms with Gasteiger partial charge in [-0.2, -0.15) is 5.26 Å². The van der Waals surface area contributed by atoms with E-state index in [2.05, 4.69) is 11.4 Å². The molecule has 0 bridgehead atoms. The maximum Gasteiger partial charge on any atom is 0.410 e. The maximum atomic E-state index is 12.8. The van der Waals surface area contributed by atoms with Gasteiger partial charge in [0.25, 0.3) is 0 Å². The molecule has 0 rings (SSSR count). The van der Waals surface area contributed by atoms with Gasteiger partial charge in [0.05, 0.1) is 6.07 Å². The molecule has 0 aromatic carbocycles. The molecule has 0 saturated carbocycles. The average molecular weight is 527 g/mol. The molecule has 0 aromatic rings. The number of carbonyl (C=O) groups excluding carboxylic acids is 3. The number of hydrogen-bond donors (Lipinski definition) is 1. The molecular formula is C27H50N4O6. The topological polar surface area (TPSA) is 121 Å². The predicted molar refractivity (Wildman–Crippen MR) is 143 cm³/mol. The number of amides is 3. The third-order valence-electron chi connectivity index (χ3n) is 4.65. The van der Waals surface area contributed by atoms with E-state index >= 15 is 0 Å². The molecule has 0 aliphatic rings. The normalized spacial score (nSPS) is 11.8. The second-order valence-corrected chi connectivity index (χ2v) is 12.0. The zero-order chi connectivity index (χ0) is 28.7. The summed E-state index contributed by atoms with van der Waals surface area (Å²) in [6.45, 7) is 18.7. The molecule has 0 fully saturated rings. The smallest absolute Gasteiger partial charge is 0.410 e. The summed E-state index contributed by atoms with van der Waals surface area (Å²) in [4.78, 5) is 40.4. The van der Waals surface area contributed by atoms with Crippen LogP contribution >= 0.6 is 0 Å². The van der Waals surface area contributed by atoms with Crippen molar-refractivity contribution in [3.05, 3.63) is 0 Å². The van der Waals surface area contributed by atoms with Gasteiger partial charge < -0.3 is 29.3 Å². The number of unbranched alkanes of at least 4 members (excludes halogenated alkanes) is 3. The molecule has 37 heavy (non-hydrogen) atoms. The Morgan fingerprint density at radius 1 is 0.649 bits per heavy atom. The van der Waals surface area contributed by atoms with Gasteiger partial charge in [0.1, 0.15) is 16.8 Å². The first-order chi connectivity index (χ1) is 16.9. The predicted octanol–water partition coefficient (Wildman–Crippen LogP) is 5.85. The molecule has 214 valence electrons. The Morgan fingerprint density at radius 3 is 1.41 bits per heavy atom. The van der Waals surface area contributed by atoms with Crippen molar-refractivity contribution in [1.29, 1.82) is 5.26 Å². The van der Waals surface area contributed by atoms with Gasteiger partial charge in [0.15, 0.2) is 0 Å². The van der Waals surface area contributed by atoms with E-state index in [1.165, 1.54) is 0 Å². The lowest BCUT2D eigenvalue weighted by Gasteiger charge is -2.29. The minimum absolute atomic E-state index is 0.370. The molecule has 0 aliphatic heterocycles. The van der Waals surface area contributed by atoms with Crippen LogP contribution in [0.4, 0.5) is 14.4 Å². The van der Waals surface area contributed by atoms with E-state index in [1.54, 1.807) is 9.80 Å². The first kappa shape index (κ1) is 34.3. The van der Waals surface area contributed by atoms with Crippen LogP contribution in [0.2, 0.25) is 0 Å². The van der Waals surface area contributed by atoms with Gasteiger partial charge in [-0.05, 0) is 94.4 Å². The SMILES string of the molecule is CC(C)(C)OC(=O)NCCCCN(CCCCN(CCCC#N)C(=O)OC(C)(C)C)C(=O)OC(C)(C)C. The first-order valence-electron chi connectivity index (χ1n) is 13.2. The van der Waals surface area contributed by atoms with Gasteiger partial charge in [-0.15, -0.1) is 0 Å². The van der Waals surface area contributed by atoms with E-state index in [1.807, 2.05) is 62.3 Å². The summed E-state index contributed by atoms with van der Waals surface area (Å²) >= 11 is 0. The van der Waals surface area contributed by atoms with Crippen molar-refractivity contribution in [3.63, 3.8) is 0 Å². The van der Waals surface area contributed by atoms with Crippen molar-refractivity contribution in [2.24, 2.45) is 0 Å². The molecule has 0 aromatic heterocycles. The summed E-state index contributed by atoms with van der Waals surface area (Å²) in [7, 11) is 0. The maximum absolute atomic E-state index is 12.8. The van der Waals surface area contributed by atoms with Crippen molar-refractivity contribution in [2.75, 3.05) is 32.7 Å². The number of alkyl carbamates (subject to hydrolysis) is 1. The van der Waals surface area contributed by atoms with Crippen molar-refractivity contribution in [1.82, 2.24) is 15.1 Å². The molecule has 0 saturated heterocycles. The van der Waals surface area contributed by atoms with Crippen molar-refractivity contribution in [2.45, 2.75) is 118 Å². The minimum Gasteiger partial charge on any atom is -0.444 e. The molecule has 0 atom stereocenters. The fourth-order valence-electron chi connectivity index (χ4n) is 3.13. The highest BCUT2D eigenvalue weighted by Crippen LogP contribution is 2.14. The molecule has 3 amide bonds. The van der Waals surface area contributed by atoms with Crippen LogP contribution in [-0.4, -0.2) is 77.6 Å². The lowest BCUT2D eigenvalue weighted by molar-refractivity contribution is 0.0207. The Kier molecular flexibility index (Phi) is 15.0. The van der Waals surface area contributed by atoms with E-state index in [0.717, 1.165) is 0 Å². The highest BCUT2D eigenvalue weighted by molar-refractivity contribution is 5.68. The van der Waals surface area contributed by atoms with Crippen LogP contribution in [0.25, 0.3) is 0 Å². The number of nitrogens with zero attached hydrogens (tertiary/aromatic N) is 3. The lowest BCUT2D eigenvalue weighted by atomic mass is 10.2. The third kappa shape index (κ3) is 20.1. The molecule has 1 N–H and O–H groups in total. The number of ether oxygens (including phenoxy) is 3. The fourth-order valence-corrected chi connectivity index (χ4v) is 3.13. The van der Waals surface area contributed by atoms with E-state index in [4.69, 9.17) is 19.5 Å². The van der Waals surface area contributed by atoms with Crippen LogP contribution in [0.15, 0.2) is 0 Å². The van der Waals surface area contributed by atoms with Crippen LogP contribution < -0.4 is 5.32 Å². The minimum atomic E-state index is -0.609. The van der Waals surface area contributed by atoms with Gasteiger partial charge in [-0.1, -0.05) is 0 Å². The van der Waals surface area contributed by atoms with E-state index in [-0.39, 0.29) is 6.09 Å². The lowest BCUT2D eigenvalue weighted by Crippen LogP contribution is -2.39. The quantitative estimate of drug-likeness (QED) is 0.236. The zero-order valence-electron chi connectivity index (χ0n) is 24.6. The highest BCUT2D eigenvalue weighted by atomic mass is 16.6.